The van der Waals surface area contributed by atoms with E-state index in [1.54, 1.807) is 0 Å². The third kappa shape index (κ3) is 10.4. The predicted molar refractivity (Wildman–Crippen MR) is 61.4 cm³/mol. The van der Waals surface area contributed by atoms with Gasteiger partial charge in [0.15, 0.2) is 0 Å². The van der Waals surface area contributed by atoms with Crippen molar-refractivity contribution in [2.24, 2.45) is 0 Å². The Morgan fingerprint density at radius 3 is 1.77 bits per heavy atom. The fraction of sp³-hybridized carbons (Fsp3) is 0.889. The molecule has 0 bridgehead atoms. The molecule has 0 heterocycles. The second-order valence-corrected chi connectivity index (χ2v) is 3.99. The zero-order valence-electron chi connectivity index (χ0n) is 9.01. The Kier molecular flexibility index (Phi) is 16.5. The number of thiocarbonyl (C=S) groups is 1. The molecule has 0 spiro atoms. The van der Waals surface area contributed by atoms with Crippen LogP contribution in [0.4, 0.5) is 0 Å². The minimum Gasteiger partial charge on any atom is -0.411 e. The molecular formula is C9H18CsNS2. The van der Waals surface area contributed by atoms with Crippen LogP contribution in [0.25, 0.3) is 0 Å². The Bertz CT molecular complexity index is 123. The summed E-state index contributed by atoms with van der Waals surface area (Å²) in [6.07, 6.45) is 4.81. The van der Waals surface area contributed by atoms with Crippen molar-refractivity contribution >= 4 is 29.2 Å². The minimum absolute atomic E-state index is 0. The maximum absolute atomic E-state index is 4.98. The normalized spacial score (nSPS) is 9.08. The molecule has 0 fully saturated rings. The van der Waals surface area contributed by atoms with Gasteiger partial charge >= 0.3 is 68.9 Å². The van der Waals surface area contributed by atoms with Crippen molar-refractivity contribution in [2.75, 3.05) is 13.1 Å². The van der Waals surface area contributed by atoms with Crippen LogP contribution >= 0.6 is 12.2 Å². The largest absolute Gasteiger partial charge is 1.00 e. The quantitative estimate of drug-likeness (QED) is 0.485. The molecule has 0 aliphatic carbocycles. The van der Waals surface area contributed by atoms with Crippen LogP contribution in [0.1, 0.15) is 39.5 Å². The Morgan fingerprint density at radius 1 is 1.15 bits per heavy atom. The molecule has 0 atom stereocenters. The van der Waals surface area contributed by atoms with Crippen molar-refractivity contribution in [2.45, 2.75) is 39.5 Å². The van der Waals surface area contributed by atoms with Crippen LogP contribution in [0.15, 0.2) is 0 Å². The van der Waals surface area contributed by atoms with Gasteiger partial charge in [0.2, 0.25) is 0 Å². The molecule has 1 nitrogen and oxygen atoms in total. The van der Waals surface area contributed by atoms with Crippen LogP contribution in [0.2, 0.25) is 0 Å². The third-order valence-electron chi connectivity index (χ3n) is 1.82. The SMILES string of the molecule is CCCCN(CCCC)C(=S)[S-].[Cs+]. The topological polar surface area (TPSA) is 3.24 Å². The second-order valence-electron chi connectivity index (χ2n) is 2.96. The molecule has 72 valence electrons. The Hall–Kier alpha value is 2.16. The van der Waals surface area contributed by atoms with Crippen molar-refractivity contribution in [3.63, 3.8) is 0 Å². The van der Waals surface area contributed by atoms with Crippen LogP contribution in [0.3, 0.4) is 0 Å². The first-order chi connectivity index (χ1) is 5.72. The van der Waals surface area contributed by atoms with Crippen LogP contribution in [0, 0.1) is 0 Å². The maximum Gasteiger partial charge on any atom is 1.00 e. The standard InChI is InChI=1S/C9H19NS2.Cs/c1-3-5-7-10(9(11)12)8-6-4-2;/h3-8H2,1-2H3,(H,11,12);/q;+1/p-1. The Morgan fingerprint density at radius 2 is 1.54 bits per heavy atom. The van der Waals surface area contributed by atoms with E-state index in [4.69, 9.17) is 24.8 Å². The van der Waals surface area contributed by atoms with Gasteiger partial charge in [0.1, 0.15) is 0 Å². The van der Waals surface area contributed by atoms with Crippen molar-refractivity contribution in [3.8, 4) is 0 Å². The van der Waals surface area contributed by atoms with Crippen LogP contribution in [-0.2, 0) is 12.6 Å². The first kappa shape index (κ1) is 17.6. The van der Waals surface area contributed by atoms with Crippen molar-refractivity contribution < 1.29 is 68.9 Å². The first-order valence-corrected chi connectivity index (χ1v) is 5.50. The van der Waals surface area contributed by atoms with Crippen molar-refractivity contribution in [1.82, 2.24) is 4.90 Å². The summed E-state index contributed by atoms with van der Waals surface area (Å²) in [4.78, 5) is 2.14. The van der Waals surface area contributed by atoms with E-state index in [2.05, 4.69) is 18.7 Å². The molecule has 0 aliphatic heterocycles. The molecule has 0 saturated heterocycles. The average molecular weight is 337 g/mol. The molecule has 4 heteroatoms. The first-order valence-electron chi connectivity index (χ1n) is 4.68. The van der Waals surface area contributed by atoms with Gasteiger partial charge in [0, 0.05) is 13.1 Å². The van der Waals surface area contributed by atoms with Gasteiger partial charge in [-0.05, 0) is 12.8 Å². The number of nitrogens with zero attached hydrogens (tertiary/aromatic N) is 1. The molecule has 0 saturated carbocycles. The van der Waals surface area contributed by atoms with E-state index in [0.717, 1.165) is 13.1 Å². The summed E-state index contributed by atoms with van der Waals surface area (Å²) < 4.78 is 0.636. The molecule has 13 heavy (non-hydrogen) atoms. The van der Waals surface area contributed by atoms with Gasteiger partial charge in [0.25, 0.3) is 0 Å². The van der Waals surface area contributed by atoms with Crippen molar-refractivity contribution in [1.29, 1.82) is 0 Å². The monoisotopic (exact) mass is 337 g/mol. The molecule has 0 rings (SSSR count). The summed E-state index contributed by atoms with van der Waals surface area (Å²) in [5.41, 5.74) is 0. The van der Waals surface area contributed by atoms with Gasteiger partial charge in [0.05, 0.1) is 0 Å². The van der Waals surface area contributed by atoms with E-state index in [9.17, 15) is 0 Å². The van der Waals surface area contributed by atoms with E-state index in [0.29, 0.717) is 4.32 Å². The maximum atomic E-state index is 4.98. The van der Waals surface area contributed by atoms with Crippen molar-refractivity contribution in [3.05, 3.63) is 0 Å². The van der Waals surface area contributed by atoms with Gasteiger partial charge in [-0.1, -0.05) is 31.0 Å². The van der Waals surface area contributed by atoms with E-state index in [1.165, 1.54) is 25.7 Å². The fourth-order valence-corrected chi connectivity index (χ4v) is 1.36. The summed E-state index contributed by atoms with van der Waals surface area (Å²) in [7, 11) is 0. The molecular weight excluding hydrogens is 319 g/mol. The fourth-order valence-electron chi connectivity index (χ4n) is 0.992. The summed E-state index contributed by atoms with van der Waals surface area (Å²) in [5.74, 6) is 0. The molecule has 0 amide bonds. The zero-order valence-corrected chi connectivity index (χ0v) is 16.9. The Balaban J connectivity index is 0. The van der Waals surface area contributed by atoms with E-state index < -0.39 is 0 Å². The number of rotatable bonds is 6. The smallest absolute Gasteiger partial charge is 0.411 e. The third-order valence-corrected chi connectivity index (χ3v) is 2.34. The van der Waals surface area contributed by atoms with E-state index in [1.807, 2.05) is 0 Å². The molecule has 0 aromatic rings. The second kappa shape index (κ2) is 12.2. The molecule has 0 unspecified atom stereocenters. The molecule has 0 aromatic carbocycles. The minimum atomic E-state index is 0. The molecule has 0 N–H and O–H groups in total. The van der Waals surface area contributed by atoms with Crippen LogP contribution in [0.5, 0.6) is 0 Å². The molecule has 0 aliphatic rings. The Labute approximate surface area is 152 Å². The molecule has 0 aromatic heterocycles. The number of hydrogen-bond donors (Lipinski definition) is 0. The van der Waals surface area contributed by atoms with Gasteiger partial charge in [-0.15, -0.1) is 0 Å². The van der Waals surface area contributed by atoms with Gasteiger partial charge < -0.3 is 29.7 Å². The predicted octanol–water partition coefficient (Wildman–Crippen LogP) is -0.276. The van der Waals surface area contributed by atoms with Gasteiger partial charge in [-0.25, -0.2) is 0 Å². The average Bonchev–Trinajstić information content (AvgIpc) is 2.04. The summed E-state index contributed by atoms with van der Waals surface area (Å²) in [6, 6.07) is 0. The number of hydrogen-bond acceptors (Lipinski definition) is 2. The van der Waals surface area contributed by atoms with E-state index in [-0.39, 0.29) is 68.9 Å². The zero-order chi connectivity index (χ0) is 9.40. The summed E-state index contributed by atoms with van der Waals surface area (Å²) in [6.45, 7) is 6.45. The molecule has 0 radical (unpaired) electrons. The summed E-state index contributed by atoms with van der Waals surface area (Å²) >= 11 is 9.97. The van der Waals surface area contributed by atoms with E-state index >= 15 is 0 Å². The van der Waals surface area contributed by atoms with Crippen LogP contribution < -0.4 is 68.9 Å². The number of unbranched alkanes of at least 4 members (excludes halogenated alkanes) is 2. The van der Waals surface area contributed by atoms with Crippen LogP contribution in [-0.4, -0.2) is 22.3 Å². The van der Waals surface area contributed by atoms with Gasteiger partial charge in [-0.3, -0.25) is 0 Å². The van der Waals surface area contributed by atoms with Gasteiger partial charge in [-0.2, -0.15) is 0 Å². The summed E-state index contributed by atoms with van der Waals surface area (Å²) in [5, 5.41) is 0.